The molecular formula is C19H23NO3. The van der Waals surface area contributed by atoms with Crippen molar-refractivity contribution in [2.75, 3.05) is 0 Å². The van der Waals surface area contributed by atoms with E-state index >= 15 is 0 Å². The first kappa shape index (κ1) is 15.8. The van der Waals surface area contributed by atoms with E-state index in [0.29, 0.717) is 11.6 Å². The third-order valence-corrected chi connectivity index (χ3v) is 4.33. The highest BCUT2D eigenvalue weighted by Gasteiger charge is 2.23. The van der Waals surface area contributed by atoms with Gasteiger partial charge in [-0.05, 0) is 62.3 Å². The summed E-state index contributed by atoms with van der Waals surface area (Å²) in [5.74, 6) is -0.313. The Bertz CT molecular complexity index is 581. The number of rotatable bonds is 5. The molecule has 1 aromatic carbocycles. The highest BCUT2D eigenvalue weighted by atomic mass is 16.5. The number of carbonyl (C=O) groups is 2. The van der Waals surface area contributed by atoms with Crippen molar-refractivity contribution in [2.24, 2.45) is 0 Å². The van der Waals surface area contributed by atoms with Crippen LogP contribution in [0.3, 0.4) is 0 Å². The highest BCUT2D eigenvalue weighted by Crippen LogP contribution is 2.21. The van der Waals surface area contributed by atoms with Gasteiger partial charge in [0.1, 0.15) is 6.10 Å². The van der Waals surface area contributed by atoms with Crippen molar-refractivity contribution >= 4 is 18.0 Å². The summed E-state index contributed by atoms with van der Waals surface area (Å²) in [7, 11) is 0. The lowest BCUT2D eigenvalue weighted by Gasteiger charge is -2.20. The van der Waals surface area contributed by atoms with Gasteiger partial charge in [0.2, 0.25) is 0 Å². The Labute approximate surface area is 136 Å². The monoisotopic (exact) mass is 313 g/mol. The number of hydrogen-bond acceptors (Lipinski definition) is 3. The molecule has 0 atom stereocenters. The molecule has 0 aliphatic heterocycles. The van der Waals surface area contributed by atoms with Crippen molar-refractivity contribution in [3.8, 4) is 0 Å². The molecule has 1 N–H and O–H groups in total. The largest absolute Gasteiger partial charge is 0.459 e. The standard InChI is InChI=1S/C19H23NO3/c21-18(23-17-4-2-1-3-5-17)13-8-14-6-9-15(10-7-14)19(22)20-16-11-12-16/h6-10,13,16-17H,1-5,11-12H2,(H,20,22)/b13-8+. The summed E-state index contributed by atoms with van der Waals surface area (Å²) < 4.78 is 5.44. The summed E-state index contributed by atoms with van der Waals surface area (Å²) in [6, 6.07) is 7.60. The van der Waals surface area contributed by atoms with Crippen molar-refractivity contribution in [2.45, 2.75) is 57.1 Å². The molecule has 0 heterocycles. The fourth-order valence-corrected chi connectivity index (χ4v) is 2.79. The maximum Gasteiger partial charge on any atom is 0.331 e. The smallest absolute Gasteiger partial charge is 0.331 e. The van der Waals surface area contributed by atoms with Gasteiger partial charge in [0.25, 0.3) is 5.91 Å². The van der Waals surface area contributed by atoms with Gasteiger partial charge in [0.05, 0.1) is 0 Å². The third kappa shape index (κ3) is 4.95. The van der Waals surface area contributed by atoms with Crippen molar-refractivity contribution in [3.05, 3.63) is 41.5 Å². The Kier molecular flexibility index (Phi) is 5.11. The average molecular weight is 313 g/mol. The first-order valence-electron chi connectivity index (χ1n) is 8.50. The quantitative estimate of drug-likeness (QED) is 0.669. The van der Waals surface area contributed by atoms with E-state index in [4.69, 9.17) is 4.74 Å². The van der Waals surface area contributed by atoms with Crippen LogP contribution in [0.2, 0.25) is 0 Å². The van der Waals surface area contributed by atoms with Crippen LogP contribution >= 0.6 is 0 Å². The van der Waals surface area contributed by atoms with E-state index in [1.54, 1.807) is 18.2 Å². The molecule has 2 aliphatic rings. The Balaban J connectivity index is 1.50. The van der Waals surface area contributed by atoms with Gasteiger partial charge in [-0.3, -0.25) is 4.79 Å². The van der Waals surface area contributed by atoms with E-state index in [1.807, 2.05) is 12.1 Å². The van der Waals surface area contributed by atoms with Gasteiger partial charge >= 0.3 is 5.97 Å². The fraction of sp³-hybridized carbons (Fsp3) is 0.474. The van der Waals surface area contributed by atoms with Gasteiger partial charge in [0, 0.05) is 17.7 Å². The first-order chi connectivity index (χ1) is 11.2. The van der Waals surface area contributed by atoms with Gasteiger partial charge < -0.3 is 10.1 Å². The van der Waals surface area contributed by atoms with E-state index in [0.717, 1.165) is 44.1 Å². The normalized spacial score (nSPS) is 18.8. The predicted octanol–water partition coefficient (Wildman–Crippen LogP) is 3.47. The van der Waals surface area contributed by atoms with Gasteiger partial charge in [-0.25, -0.2) is 4.79 Å². The molecule has 0 aromatic heterocycles. The molecule has 0 spiro atoms. The minimum atomic E-state index is -0.285. The lowest BCUT2D eigenvalue weighted by atomic mass is 9.98. The van der Waals surface area contributed by atoms with Crippen molar-refractivity contribution in [1.82, 2.24) is 5.32 Å². The Morgan fingerprint density at radius 3 is 2.35 bits per heavy atom. The van der Waals surface area contributed by atoms with Crippen LogP contribution in [-0.4, -0.2) is 24.0 Å². The number of amides is 1. The lowest BCUT2D eigenvalue weighted by molar-refractivity contribution is -0.144. The summed E-state index contributed by atoms with van der Waals surface area (Å²) in [6.45, 7) is 0. The SMILES string of the molecule is O=C(/C=C/c1ccc(C(=O)NC2CC2)cc1)OC1CCCCC1. The number of ether oxygens (including phenoxy) is 1. The molecule has 4 nitrogen and oxygen atoms in total. The first-order valence-corrected chi connectivity index (χ1v) is 8.50. The van der Waals surface area contributed by atoms with Gasteiger partial charge in [0.15, 0.2) is 0 Å². The van der Waals surface area contributed by atoms with Crippen LogP contribution in [0.15, 0.2) is 30.3 Å². The van der Waals surface area contributed by atoms with Crippen LogP contribution in [0.4, 0.5) is 0 Å². The zero-order valence-electron chi connectivity index (χ0n) is 13.3. The maximum absolute atomic E-state index is 11.9. The fourth-order valence-electron chi connectivity index (χ4n) is 2.79. The molecule has 1 aromatic rings. The highest BCUT2D eigenvalue weighted by molar-refractivity contribution is 5.95. The van der Waals surface area contributed by atoms with Crippen molar-refractivity contribution < 1.29 is 14.3 Å². The lowest BCUT2D eigenvalue weighted by Crippen LogP contribution is -2.25. The van der Waals surface area contributed by atoms with Crippen LogP contribution in [0, 0.1) is 0 Å². The number of nitrogens with one attached hydrogen (secondary N) is 1. The van der Waals surface area contributed by atoms with E-state index in [1.165, 1.54) is 12.5 Å². The molecule has 0 radical (unpaired) electrons. The maximum atomic E-state index is 11.9. The molecule has 122 valence electrons. The van der Waals surface area contributed by atoms with Crippen LogP contribution in [-0.2, 0) is 9.53 Å². The van der Waals surface area contributed by atoms with Crippen molar-refractivity contribution in [3.63, 3.8) is 0 Å². The summed E-state index contributed by atoms with van der Waals surface area (Å²) in [5.41, 5.74) is 1.53. The number of esters is 1. The second-order valence-electron chi connectivity index (χ2n) is 6.40. The van der Waals surface area contributed by atoms with Crippen LogP contribution in [0.25, 0.3) is 6.08 Å². The van der Waals surface area contributed by atoms with E-state index < -0.39 is 0 Å². The molecule has 0 bridgehead atoms. The Morgan fingerprint density at radius 1 is 1.00 bits per heavy atom. The molecule has 0 unspecified atom stereocenters. The summed E-state index contributed by atoms with van der Waals surface area (Å²) in [6.07, 6.45) is 10.9. The van der Waals surface area contributed by atoms with E-state index in [9.17, 15) is 9.59 Å². The molecule has 2 aliphatic carbocycles. The van der Waals surface area contributed by atoms with Gasteiger partial charge in [-0.15, -0.1) is 0 Å². The summed E-state index contributed by atoms with van der Waals surface area (Å²) >= 11 is 0. The van der Waals surface area contributed by atoms with Gasteiger partial charge in [-0.2, -0.15) is 0 Å². The number of carbonyl (C=O) groups excluding carboxylic acids is 2. The van der Waals surface area contributed by atoms with Crippen LogP contribution < -0.4 is 5.32 Å². The zero-order valence-corrected chi connectivity index (χ0v) is 13.3. The number of benzene rings is 1. The average Bonchev–Trinajstić information content (AvgIpc) is 3.38. The molecule has 3 rings (SSSR count). The molecule has 2 saturated carbocycles. The molecule has 2 fully saturated rings. The van der Waals surface area contributed by atoms with E-state index in [2.05, 4.69) is 5.32 Å². The second-order valence-corrected chi connectivity index (χ2v) is 6.40. The zero-order chi connectivity index (χ0) is 16.1. The van der Waals surface area contributed by atoms with Gasteiger partial charge in [-0.1, -0.05) is 18.6 Å². The number of hydrogen-bond donors (Lipinski definition) is 1. The minimum absolute atomic E-state index is 0.0280. The van der Waals surface area contributed by atoms with Crippen molar-refractivity contribution in [1.29, 1.82) is 0 Å². The van der Waals surface area contributed by atoms with E-state index in [-0.39, 0.29) is 18.0 Å². The minimum Gasteiger partial charge on any atom is -0.459 e. The topological polar surface area (TPSA) is 55.4 Å². The second kappa shape index (κ2) is 7.44. The molecular weight excluding hydrogens is 290 g/mol. The Morgan fingerprint density at radius 2 is 1.70 bits per heavy atom. The Hall–Kier alpha value is -2.10. The summed E-state index contributed by atoms with van der Waals surface area (Å²) in [5, 5.41) is 2.95. The van der Waals surface area contributed by atoms with Crippen LogP contribution in [0.5, 0.6) is 0 Å². The summed E-state index contributed by atoms with van der Waals surface area (Å²) in [4.78, 5) is 23.7. The predicted molar refractivity (Wildman–Crippen MR) is 88.9 cm³/mol. The molecule has 1 amide bonds. The molecule has 4 heteroatoms. The molecule has 23 heavy (non-hydrogen) atoms. The van der Waals surface area contributed by atoms with Crippen LogP contribution in [0.1, 0.15) is 60.9 Å². The third-order valence-electron chi connectivity index (χ3n) is 4.33. The molecule has 0 saturated heterocycles.